The highest BCUT2D eigenvalue weighted by molar-refractivity contribution is 6.01. The highest BCUT2D eigenvalue weighted by atomic mass is 19.1. The number of aliphatic hydroxyl groups excluding tert-OH is 1. The number of likely N-dealkylation sites (N-methyl/N-ethyl adjacent to an activating group) is 1. The largest absolute Gasteiger partial charge is 0.389 e. The molecule has 0 spiro atoms. The van der Waals surface area contributed by atoms with Crippen LogP contribution >= 0.6 is 0 Å². The van der Waals surface area contributed by atoms with Crippen LogP contribution in [0.1, 0.15) is 20.7 Å². The third-order valence-electron chi connectivity index (χ3n) is 5.98. The summed E-state index contributed by atoms with van der Waals surface area (Å²) in [5, 5.41) is 18.5. The van der Waals surface area contributed by atoms with Crippen LogP contribution in [0.2, 0.25) is 0 Å². The number of amides is 3. The maximum atomic E-state index is 14.7. The summed E-state index contributed by atoms with van der Waals surface area (Å²) in [6.45, 7) is 0.457. The molecule has 2 aliphatic rings. The molecule has 0 bridgehead atoms. The van der Waals surface area contributed by atoms with Crippen molar-refractivity contribution >= 4 is 29.6 Å². The van der Waals surface area contributed by atoms with Gasteiger partial charge in [0.2, 0.25) is 0 Å². The number of aliphatic hydroxyl groups is 1. The number of rotatable bonds is 8. The Labute approximate surface area is 194 Å². The fourth-order valence-corrected chi connectivity index (χ4v) is 4.33. The van der Waals surface area contributed by atoms with Gasteiger partial charge in [-0.15, -0.1) is 0 Å². The van der Waals surface area contributed by atoms with Crippen molar-refractivity contribution in [2.45, 2.75) is 18.2 Å². The molecule has 2 aromatic carbocycles. The smallest absolute Gasteiger partial charge is 0.315 e. The van der Waals surface area contributed by atoms with Crippen molar-refractivity contribution in [2.24, 2.45) is 0 Å². The molecule has 0 aliphatic carbocycles. The van der Waals surface area contributed by atoms with Crippen LogP contribution in [-0.4, -0.2) is 79.6 Å². The van der Waals surface area contributed by atoms with E-state index in [4.69, 9.17) is 0 Å². The van der Waals surface area contributed by atoms with Crippen molar-refractivity contribution in [3.8, 4) is 0 Å². The lowest BCUT2D eigenvalue weighted by Gasteiger charge is -2.23. The quantitative estimate of drug-likeness (QED) is 0.429. The van der Waals surface area contributed by atoms with Crippen molar-refractivity contribution in [1.82, 2.24) is 15.5 Å². The topological polar surface area (TPSA) is 114 Å². The average molecular weight is 473 g/mol. The molecule has 0 aromatic heterocycles. The van der Waals surface area contributed by atoms with Gasteiger partial charge < -0.3 is 30.9 Å². The summed E-state index contributed by atoms with van der Waals surface area (Å²) < 4.78 is 29.5. The van der Waals surface area contributed by atoms with E-state index in [0.29, 0.717) is 6.29 Å². The summed E-state index contributed by atoms with van der Waals surface area (Å²) in [6, 6.07) is 7.91. The Kier molecular flexibility index (Phi) is 6.64. The number of halogens is 2. The number of urea groups is 1. The zero-order chi connectivity index (χ0) is 24.4. The van der Waals surface area contributed by atoms with Gasteiger partial charge in [0.1, 0.15) is 5.69 Å². The first-order valence-corrected chi connectivity index (χ1v) is 10.8. The molecule has 3 atom stereocenters. The molecule has 0 saturated carbocycles. The zero-order valence-electron chi connectivity index (χ0n) is 18.4. The normalized spacial score (nSPS) is 19.8. The summed E-state index contributed by atoms with van der Waals surface area (Å²) in [5.41, 5.74) is 0.443. The Morgan fingerprint density at radius 1 is 1.24 bits per heavy atom. The first-order valence-electron chi connectivity index (χ1n) is 10.8. The summed E-state index contributed by atoms with van der Waals surface area (Å²) in [6.07, 6.45) is -0.442. The highest BCUT2D eigenvalue weighted by Gasteiger charge is 2.41. The maximum Gasteiger partial charge on any atom is 0.315 e. The molecular formula is C23H25F2N5O4. The summed E-state index contributed by atoms with van der Waals surface area (Å²) in [7, 11) is 1.49. The van der Waals surface area contributed by atoms with Crippen LogP contribution in [0.4, 0.5) is 25.0 Å². The number of carbonyl (C=O) groups is 3. The number of benzene rings is 2. The van der Waals surface area contributed by atoms with E-state index in [9.17, 15) is 28.3 Å². The minimum Gasteiger partial charge on any atom is -0.389 e. The van der Waals surface area contributed by atoms with Crippen molar-refractivity contribution < 1.29 is 28.3 Å². The lowest BCUT2D eigenvalue weighted by atomic mass is 10.1. The van der Waals surface area contributed by atoms with Gasteiger partial charge in [-0.2, -0.15) is 0 Å². The van der Waals surface area contributed by atoms with Gasteiger partial charge in [0.15, 0.2) is 17.9 Å². The molecule has 34 heavy (non-hydrogen) atoms. The van der Waals surface area contributed by atoms with E-state index >= 15 is 0 Å². The van der Waals surface area contributed by atoms with E-state index < -0.39 is 23.6 Å². The van der Waals surface area contributed by atoms with Gasteiger partial charge >= 0.3 is 6.03 Å². The van der Waals surface area contributed by atoms with Gasteiger partial charge in [0.25, 0.3) is 5.91 Å². The Balaban J connectivity index is 1.34. The highest BCUT2D eigenvalue weighted by Crippen LogP contribution is 2.30. The monoisotopic (exact) mass is 473 g/mol. The molecule has 2 aromatic rings. The number of aldehydes is 1. The molecule has 3 unspecified atom stereocenters. The Bertz CT molecular complexity index is 1080. The van der Waals surface area contributed by atoms with E-state index in [2.05, 4.69) is 16.0 Å². The third-order valence-corrected chi connectivity index (χ3v) is 5.98. The van der Waals surface area contributed by atoms with Gasteiger partial charge in [0.05, 0.1) is 23.8 Å². The second-order valence-corrected chi connectivity index (χ2v) is 8.45. The van der Waals surface area contributed by atoms with Gasteiger partial charge in [-0.1, -0.05) is 18.2 Å². The molecular weight excluding hydrogens is 448 g/mol. The number of anilines is 2. The van der Waals surface area contributed by atoms with Crippen molar-refractivity contribution in [3.63, 3.8) is 0 Å². The van der Waals surface area contributed by atoms with Crippen LogP contribution in [0.25, 0.3) is 0 Å². The fourth-order valence-electron chi connectivity index (χ4n) is 4.33. The van der Waals surface area contributed by atoms with Crippen LogP contribution in [0.3, 0.4) is 0 Å². The van der Waals surface area contributed by atoms with Crippen LogP contribution in [0, 0.1) is 11.6 Å². The Morgan fingerprint density at radius 2 is 1.85 bits per heavy atom. The predicted octanol–water partition coefficient (Wildman–Crippen LogP) is 1.19. The van der Waals surface area contributed by atoms with E-state index in [1.807, 2.05) is 0 Å². The maximum absolute atomic E-state index is 14.7. The molecule has 9 nitrogen and oxygen atoms in total. The van der Waals surface area contributed by atoms with Crippen LogP contribution in [0.5, 0.6) is 0 Å². The predicted molar refractivity (Wildman–Crippen MR) is 121 cm³/mol. The Hall–Kier alpha value is -3.73. The van der Waals surface area contributed by atoms with Gasteiger partial charge in [-0.3, -0.25) is 9.59 Å². The van der Waals surface area contributed by atoms with Crippen LogP contribution in [-0.2, 0) is 0 Å². The van der Waals surface area contributed by atoms with Crippen molar-refractivity contribution in [1.29, 1.82) is 0 Å². The Morgan fingerprint density at radius 3 is 2.47 bits per heavy atom. The van der Waals surface area contributed by atoms with E-state index in [-0.39, 0.29) is 66.8 Å². The molecule has 2 saturated heterocycles. The minimum atomic E-state index is -1.03. The fraction of sp³-hybridized carbons (Fsp3) is 0.348. The molecule has 4 rings (SSSR count). The third kappa shape index (κ3) is 4.79. The number of carbonyl (C=O) groups excluding carboxylic acids is 3. The first-order chi connectivity index (χ1) is 16.3. The summed E-state index contributed by atoms with van der Waals surface area (Å²) in [4.78, 5) is 37.9. The van der Waals surface area contributed by atoms with Crippen LogP contribution in [0.15, 0.2) is 36.4 Å². The molecule has 4 N–H and O–H groups in total. The molecule has 3 amide bonds. The SMILES string of the molecule is CN(CC(O)CNc1cc(F)c(N2CC3NC(=O)NC3C2)c(F)c1)C(=O)c1ccccc1C=O. The lowest BCUT2D eigenvalue weighted by Crippen LogP contribution is -2.37. The second kappa shape index (κ2) is 9.64. The molecule has 180 valence electrons. The first kappa shape index (κ1) is 23.4. The number of fused-ring (bicyclic) bond motifs is 1. The molecule has 2 heterocycles. The van der Waals surface area contributed by atoms with Crippen LogP contribution < -0.4 is 20.9 Å². The summed E-state index contributed by atoms with van der Waals surface area (Å²) in [5.74, 6) is -1.95. The number of hydrogen-bond donors (Lipinski definition) is 4. The molecule has 2 fully saturated rings. The molecule has 0 radical (unpaired) electrons. The second-order valence-electron chi connectivity index (χ2n) is 8.45. The standard InChI is InChI=1S/C23H25F2N5O4/c1-29(22(33)16-5-3-2-4-13(16)12-31)9-15(32)8-26-14-6-17(24)21(18(25)7-14)30-10-19-20(11-30)28-23(34)27-19/h2-7,12,15,19-20,26,32H,8-11H2,1H3,(H2,27,28,34). The number of hydrogen-bond acceptors (Lipinski definition) is 6. The minimum absolute atomic E-state index is 0.0582. The average Bonchev–Trinajstić information content (AvgIpc) is 3.33. The van der Waals surface area contributed by atoms with Crippen molar-refractivity contribution in [3.05, 3.63) is 59.2 Å². The van der Waals surface area contributed by atoms with Crippen molar-refractivity contribution in [2.75, 3.05) is 43.4 Å². The molecule has 2 aliphatic heterocycles. The number of nitrogens with one attached hydrogen (secondary N) is 3. The lowest BCUT2D eigenvalue weighted by molar-refractivity contribution is 0.0695. The summed E-state index contributed by atoms with van der Waals surface area (Å²) >= 11 is 0. The molecule has 11 heteroatoms. The van der Waals surface area contributed by atoms with Gasteiger partial charge in [0, 0.05) is 44.5 Å². The van der Waals surface area contributed by atoms with E-state index in [1.165, 1.54) is 24.1 Å². The van der Waals surface area contributed by atoms with E-state index in [1.54, 1.807) is 17.0 Å². The zero-order valence-corrected chi connectivity index (χ0v) is 18.4. The number of nitrogens with zero attached hydrogens (tertiary/aromatic N) is 2. The van der Waals surface area contributed by atoms with Gasteiger partial charge in [-0.05, 0) is 18.2 Å². The van der Waals surface area contributed by atoms with Gasteiger partial charge in [-0.25, -0.2) is 13.6 Å². The van der Waals surface area contributed by atoms with E-state index in [0.717, 1.165) is 12.1 Å².